The van der Waals surface area contributed by atoms with E-state index in [4.69, 9.17) is 5.11 Å². The van der Waals surface area contributed by atoms with E-state index in [-0.39, 0.29) is 11.5 Å². The minimum atomic E-state index is -1.05. The highest BCUT2D eigenvalue weighted by Gasteiger charge is 2.04. The number of anilines is 1. The molecular weight excluding hydrogens is 247 g/mol. The third kappa shape index (κ3) is 3.77. The van der Waals surface area contributed by atoms with Crippen molar-refractivity contribution in [1.82, 2.24) is 4.98 Å². The number of carboxylic acids is 1. The highest BCUT2D eigenvalue weighted by Crippen LogP contribution is 2.09. The van der Waals surface area contributed by atoms with E-state index in [9.17, 15) is 9.18 Å². The van der Waals surface area contributed by atoms with Crippen molar-refractivity contribution in [2.45, 2.75) is 6.42 Å². The van der Waals surface area contributed by atoms with Crippen molar-refractivity contribution in [3.63, 3.8) is 0 Å². The average molecular weight is 260 g/mol. The van der Waals surface area contributed by atoms with Crippen molar-refractivity contribution >= 4 is 11.7 Å². The maximum Gasteiger partial charge on any atom is 0.354 e. The van der Waals surface area contributed by atoms with Crippen molar-refractivity contribution < 1.29 is 14.3 Å². The van der Waals surface area contributed by atoms with Crippen LogP contribution in [0.4, 0.5) is 10.1 Å². The molecule has 0 bridgehead atoms. The fourth-order valence-electron chi connectivity index (χ4n) is 1.66. The topological polar surface area (TPSA) is 62.2 Å². The second kappa shape index (κ2) is 5.95. The normalized spacial score (nSPS) is 10.2. The van der Waals surface area contributed by atoms with Crippen LogP contribution in [-0.2, 0) is 6.42 Å². The molecule has 2 aromatic rings. The Morgan fingerprint density at radius 2 is 2.00 bits per heavy atom. The second-order valence-electron chi connectivity index (χ2n) is 4.04. The molecule has 1 aromatic heterocycles. The summed E-state index contributed by atoms with van der Waals surface area (Å²) in [7, 11) is 0. The molecule has 1 heterocycles. The first kappa shape index (κ1) is 13.0. The maximum atomic E-state index is 12.7. The highest BCUT2D eigenvalue weighted by atomic mass is 19.1. The number of benzene rings is 1. The van der Waals surface area contributed by atoms with Crippen LogP contribution in [0.2, 0.25) is 0 Å². The molecule has 0 atom stereocenters. The number of carbonyl (C=O) groups is 1. The summed E-state index contributed by atoms with van der Waals surface area (Å²) in [5, 5.41) is 11.9. The van der Waals surface area contributed by atoms with E-state index < -0.39 is 5.97 Å². The fraction of sp³-hybridized carbons (Fsp3) is 0.143. The molecule has 0 fully saturated rings. The molecule has 98 valence electrons. The lowest BCUT2D eigenvalue weighted by Gasteiger charge is -2.06. The number of rotatable bonds is 5. The zero-order valence-corrected chi connectivity index (χ0v) is 10.1. The summed E-state index contributed by atoms with van der Waals surface area (Å²) in [6.07, 6.45) is 2.18. The van der Waals surface area contributed by atoms with E-state index in [1.165, 1.54) is 24.4 Å². The molecule has 2 N–H and O–H groups in total. The largest absolute Gasteiger partial charge is 0.477 e. The van der Waals surface area contributed by atoms with Gasteiger partial charge < -0.3 is 10.4 Å². The zero-order valence-electron chi connectivity index (χ0n) is 10.1. The lowest BCUT2D eigenvalue weighted by molar-refractivity contribution is 0.0690. The van der Waals surface area contributed by atoms with E-state index in [0.29, 0.717) is 12.2 Å². The summed E-state index contributed by atoms with van der Waals surface area (Å²) in [5.41, 5.74) is 1.72. The molecule has 19 heavy (non-hydrogen) atoms. The van der Waals surface area contributed by atoms with Gasteiger partial charge in [0.2, 0.25) is 0 Å². The van der Waals surface area contributed by atoms with Gasteiger partial charge in [-0.05, 0) is 36.2 Å². The van der Waals surface area contributed by atoms with E-state index in [1.807, 2.05) is 0 Å². The van der Waals surface area contributed by atoms with Crippen LogP contribution in [0.15, 0.2) is 42.6 Å². The molecule has 0 amide bonds. The van der Waals surface area contributed by atoms with Gasteiger partial charge in [0, 0.05) is 18.4 Å². The predicted octanol–water partition coefficient (Wildman–Crippen LogP) is 2.57. The number of aromatic carboxylic acids is 1. The lowest BCUT2D eigenvalue weighted by atomic mass is 10.1. The summed E-state index contributed by atoms with van der Waals surface area (Å²) in [6.45, 7) is 0.634. The molecule has 5 heteroatoms. The molecule has 0 aliphatic rings. The van der Waals surface area contributed by atoms with Crippen LogP contribution in [0, 0.1) is 5.82 Å². The van der Waals surface area contributed by atoms with Crippen LogP contribution in [0.25, 0.3) is 0 Å². The number of pyridine rings is 1. The Morgan fingerprint density at radius 3 is 2.68 bits per heavy atom. The molecule has 1 aromatic carbocycles. The number of nitrogens with zero attached hydrogens (tertiary/aromatic N) is 1. The molecule has 0 unspecified atom stereocenters. The van der Waals surface area contributed by atoms with Gasteiger partial charge in [-0.2, -0.15) is 0 Å². The second-order valence-corrected chi connectivity index (χ2v) is 4.04. The van der Waals surface area contributed by atoms with E-state index in [0.717, 1.165) is 12.0 Å². The number of hydrogen-bond acceptors (Lipinski definition) is 3. The zero-order chi connectivity index (χ0) is 13.7. The minimum absolute atomic E-state index is 0.00628. The molecule has 4 nitrogen and oxygen atoms in total. The Balaban J connectivity index is 1.90. The van der Waals surface area contributed by atoms with Crippen LogP contribution >= 0.6 is 0 Å². The quantitative estimate of drug-likeness (QED) is 0.867. The minimum Gasteiger partial charge on any atom is -0.477 e. The summed E-state index contributed by atoms with van der Waals surface area (Å²) >= 11 is 0. The third-order valence-corrected chi connectivity index (χ3v) is 2.64. The lowest BCUT2D eigenvalue weighted by Crippen LogP contribution is -2.07. The number of carboxylic acid groups (broad SMARTS) is 1. The van der Waals surface area contributed by atoms with Gasteiger partial charge in [-0.3, -0.25) is 0 Å². The van der Waals surface area contributed by atoms with Gasteiger partial charge in [0.25, 0.3) is 0 Å². The Bertz CT molecular complexity index is 570. The number of halogens is 1. The van der Waals surface area contributed by atoms with Gasteiger partial charge >= 0.3 is 5.97 Å². The molecule has 0 aliphatic carbocycles. The summed E-state index contributed by atoms with van der Waals surface area (Å²) < 4.78 is 12.7. The van der Waals surface area contributed by atoms with Crippen LogP contribution in [-0.4, -0.2) is 22.6 Å². The summed E-state index contributed by atoms with van der Waals surface area (Å²) in [5.74, 6) is -1.31. The van der Waals surface area contributed by atoms with Crippen LogP contribution in [0.1, 0.15) is 16.1 Å². The van der Waals surface area contributed by atoms with Gasteiger partial charge in [-0.25, -0.2) is 14.2 Å². The van der Waals surface area contributed by atoms with Gasteiger partial charge in [-0.1, -0.05) is 12.1 Å². The third-order valence-electron chi connectivity index (χ3n) is 2.64. The molecule has 2 rings (SSSR count). The van der Waals surface area contributed by atoms with Gasteiger partial charge in [0.15, 0.2) is 0 Å². The van der Waals surface area contributed by atoms with Crippen molar-refractivity contribution in [3.05, 3.63) is 59.7 Å². The van der Waals surface area contributed by atoms with Crippen molar-refractivity contribution in [2.75, 3.05) is 11.9 Å². The monoisotopic (exact) mass is 260 g/mol. The summed E-state index contributed by atoms with van der Waals surface area (Å²) in [4.78, 5) is 14.5. The van der Waals surface area contributed by atoms with E-state index >= 15 is 0 Å². The fourth-order valence-corrected chi connectivity index (χ4v) is 1.66. The molecule has 0 spiro atoms. The Hall–Kier alpha value is -2.43. The van der Waals surface area contributed by atoms with Crippen LogP contribution in [0.3, 0.4) is 0 Å². The molecular formula is C14H13FN2O2. The van der Waals surface area contributed by atoms with Crippen molar-refractivity contribution in [2.24, 2.45) is 0 Å². The van der Waals surface area contributed by atoms with Crippen LogP contribution in [0.5, 0.6) is 0 Å². The maximum absolute atomic E-state index is 12.7. The molecule has 0 aliphatic heterocycles. The first-order valence-corrected chi connectivity index (χ1v) is 5.83. The molecule has 0 radical (unpaired) electrons. The Kier molecular flexibility index (Phi) is 4.07. The predicted molar refractivity (Wildman–Crippen MR) is 69.8 cm³/mol. The Labute approximate surface area is 109 Å². The number of nitrogens with one attached hydrogen (secondary N) is 1. The van der Waals surface area contributed by atoms with Gasteiger partial charge in [0.05, 0.1) is 0 Å². The van der Waals surface area contributed by atoms with Crippen molar-refractivity contribution in [1.29, 1.82) is 0 Å². The van der Waals surface area contributed by atoms with Crippen LogP contribution < -0.4 is 5.32 Å². The van der Waals surface area contributed by atoms with Gasteiger partial charge in [0.1, 0.15) is 11.5 Å². The summed E-state index contributed by atoms with van der Waals surface area (Å²) in [6, 6.07) is 9.48. The first-order valence-electron chi connectivity index (χ1n) is 5.83. The standard InChI is InChI=1S/C14H13FN2O2/c15-11-3-1-10(2-4-11)5-7-16-12-6-8-17-13(9-12)14(18)19/h1-4,6,8-9H,5,7H2,(H,16,17)(H,18,19). The highest BCUT2D eigenvalue weighted by molar-refractivity contribution is 5.86. The molecule has 0 saturated carbocycles. The Morgan fingerprint density at radius 1 is 1.26 bits per heavy atom. The SMILES string of the molecule is O=C(O)c1cc(NCCc2ccc(F)cc2)ccn1. The smallest absolute Gasteiger partial charge is 0.354 e. The van der Waals surface area contributed by atoms with E-state index in [1.54, 1.807) is 18.2 Å². The average Bonchev–Trinajstić information content (AvgIpc) is 2.41. The number of hydrogen-bond donors (Lipinski definition) is 2. The van der Waals surface area contributed by atoms with Gasteiger partial charge in [-0.15, -0.1) is 0 Å². The first-order chi connectivity index (χ1) is 9.15. The van der Waals surface area contributed by atoms with E-state index in [2.05, 4.69) is 10.3 Å². The molecule has 0 saturated heterocycles. The van der Waals surface area contributed by atoms with Crippen molar-refractivity contribution in [3.8, 4) is 0 Å². The number of aromatic nitrogens is 1.